The van der Waals surface area contributed by atoms with Crippen molar-refractivity contribution in [2.75, 3.05) is 19.7 Å². The zero-order valence-electron chi connectivity index (χ0n) is 9.68. The molecule has 0 aliphatic carbocycles. The van der Waals surface area contributed by atoms with E-state index in [1.54, 1.807) is 0 Å². The number of rotatable bonds is 3. The number of carbonyl (C=O) groups is 1. The molecule has 0 aromatic carbocycles. The topological polar surface area (TPSA) is 29.5 Å². The molecule has 0 N–H and O–H groups in total. The highest BCUT2D eigenvalue weighted by Gasteiger charge is 2.60. The van der Waals surface area contributed by atoms with E-state index in [1.807, 2.05) is 0 Å². The highest BCUT2D eigenvalue weighted by atomic mass is 35.5. The van der Waals surface area contributed by atoms with Gasteiger partial charge < -0.3 is 9.64 Å². The number of hydrogen-bond donors (Lipinski definition) is 0. The van der Waals surface area contributed by atoms with Crippen molar-refractivity contribution in [2.45, 2.75) is 37.4 Å². The second kappa shape index (κ2) is 5.02. The van der Waals surface area contributed by atoms with Gasteiger partial charge in [-0.3, -0.25) is 4.79 Å². The van der Waals surface area contributed by atoms with E-state index >= 15 is 0 Å². The van der Waals surface area contributed by atoms with Crippen LogP contribution in [0.25, 0.3) is 0 Å². The van der Waals surface area contributed by atoms with Gasteiger partial charge in [-0.15, -0.1) is 11.6 Å². The summed E-state index contributed by atoms with van der Waals surface area (Å²) in [5.41, 5.74) is -2.23. The maximum atomic E-state index is 12.9. The second-order valence-electron chi connectivity index (χ2n) is 4.05. The van der Waals surface area contributed by atoms with Gasteiger partial charge in [-0.1, -0.05) is 0 Å². The minimum absolute atomic E-state index is 0.0232. The van der Waals surface area contributed by atoms with Crippen molar-refractivity contribution < 1.29 is 22.7 Å². The van der Waals surface area contributed by atoms with Crippen molar-refractivity contribution in [3.8, 4) is 0 Å². The van der Waals surface area contributed by atoms with Gasteiger partial charge in [0.05, 0.1) is 6.54 Å². The Bertz CT molecular complexity index is 296. The molecule has 100 valence electrons. The Hall–Kier alpha value is -0.490. The van der Waals surface area contributed by atoms with Gasteiger partial charge in [0.15, 0.2) is 5.60 Å². The molecule has 3 nitrogen and oxygen atoms in total. The molecule has 0 saturated carbocycles. The summed E-state index contributed by atoms with van der Waals surface area (Å²) in [5.74, 6) is -0.488. The Morgan fingerprint density at radius 3 is 2.59 bits per heavy atom. The van der Waals surface area contributed by atoms with E-state index in [-0.39, 0.29) is 19.6 Å². The van der Waals surface area contributed by atoms with Gasteiger partial charge >= 0.3 is 6.18 Å². The molecule has 0 bridgehead atoms. The molecule has 2 unspecified atom stereocenters. The van der Waals surface area contributed by atoms with E-state index in [2.05, 4.69) is 0 Å². The molecule has 1 aliphatic rings. The molecule has 1 fully saturated rings. The van der Waals surface area contributed by atoms with E-state index < -0.39 is 29.6 Å². The van der Waals surface area contributed by atoms with Crippen LogP contribution < -0.4 is 0 Å². The summed E-state index contributed by atoms with van der Waals surface area (Å²) in [6, 6.07) is 0. The molecule has 1 rings (SSSR count). The van der Waals surface area contributed by atoms with E-state index in [4.69, 9.17) is 16.3 Å². The fourth-order valence-electron chi connectivity index (χ4n) is 1.93. The highest BCUT2D eigenvalue weighted by Crippen LogP contribution is 2.41. The van der Waals surface area contributed by atoms with E-state index in [9.17, 15) is 18.0 Å². The van der Waals surface area contributed by atoms with Crippen LogP contribution in [-0.2, 0) is 9.53 Å². The molecular formula is C10H15ClF3NO2. The van der Waals surface area contributed by atoms with Gasteiger partial charge in [0.25, 0.3) is 0 Å². The van der Waals surface area contributed by atoms with Gasteiger partial charge in [0, 0.05) is 19.6 Å². The first-order valence-electron chi connectivity index (χ1n) is 5.37. The zero-order valence-corrected chi connectivity index (χ0v) is 10.4. The minimum Gasteiger partial charge on any atom is -0.364 e. The van der Waals surface area contributed by atoms with Gasteiger partial charge in [-0.25, -0.2) is 0 Å². The number of ether oxygens (including phenoxy) is 1. The third-order valence-corrected chi connectivity index (χ3v) is 3.01. The Morgan fingerprint density at radius 2 is 2.18 bits per heavy atom. The van der Waals surface area contributed by atoms with Crippen LogP contribution in [0.2, 0.25) is 0 Å². The van der Waals surface area contributed by atoms with Gasteiger partial charge in [0.2, 0.25) is 5.91 Å². The fraction of sp³-hybridized carbons (Fsp3) is 0.900. The quantitative estimate of drug-likeness (QED) is 0.738. The summed E-state index contributed by atoms with van der Waals surface area (Å²) in [6.45, 7) is 2.45. The Labute approximate surface area is 103 Å². The van der Waals surface area contributed by atoms with E-state index in [1.165, 1.54) is 13.8 Å². The summed E-state index contributed by atoms with van der Waals surface area (Å²) < 4.78 is 43.7. The molecule has 7 heteroatoms. The number of nitrogens with zero attached hydrogens (tertiary/aromatic N) is 1. The standard InChI is InChI=1S/C10H15ClF3NO2/c1-3-17-9(10(12,13)14)4-5-15(6-9)8(16)7(2)11/h7H,3-6H2,1-2H3. The van der Waals surface area contributed by atoms with Gasteiger partial charge in [-0.2, -0.15) is 13.2 Å². The average Bonchev–Trinajstić information content (AvgIpc) is 2.62. The first kappa shape index (κ1) is 14.6. The largest absolute Gasteiger partial charge is 0.419 e. The number of likely N-dealkylation sites (tertiary alicyclic amines) is 1. The lowest BCUT2D eigenvalue weighted by Gasteiger charge is -2.31. The van der Waals surface area contributed by atoms with E-state index in [0.29, 0.717) is 0 Å². The van der Waals surface area contributed by atoms with Crippen LogP contribution in [0.15, 0.2) is 0 Å². The number of carbonyl (C=O) groups excluding carboxylic acids is 1. The van der Waals surface area contributed by atoms with Crippen LogP contribution in [0.3, 0.4) is 0 Å². The lowest BCUT2D eigenvalue weighted by molar-refractivity contribution is -0.270. The monoisotopic (exact) mass is 273 g/mol. The molecular weight excluding hydrogens is 259 g/mol. The van der Waals surface area contributed by atoms with Crippen LogP contribution in [0, 0.1) is 0 Å². The summed E-state index contributed by atoms with van der Waals surface area (Å²) >= 11 is 5.58. The Balaban J connectivity index is 2.83. The molecule has 1 amide bonds. The van der Waals surface area contributed by atoms with Crippen LogP contribution in [0.5, 0.6) is 0 Å². The van der Waals surface area contributed by atoms with Crippen molar-refractivity contribution >= 4 is 17.5 Å². The predicted molar refractivity (Wildman–Crippen MR) is 56.9 cm³/mol. The zero-order chi connectivity index (χ0) is 13.3. The minimum atomic E-state index is -4.48. The van der Waals surface area contributed by atoms with Crippen molar-refractivity contribution in [1.29, 1.82) is 0 Å². The first-order chi connectivity index (χ1) is 7.73. The van der Waals surface area contributed by atoms with Gasteiger partial charge in [0.1, 0.15) is 5.38 Å². The van der Waals surface area contributed by atoms with Crippen molar-refractivity contribution in [3.63, 3.8) is 0 Å². The van der Waals surface area contributed by atoms with Crippen LogP contribution in [0.4, 0.5) is 13.2 Å². The normalized spacial score (nSPS) is 27.3. The highest BCUT2D eigenvalue weighted by molar-refractivity contribution is 6.30. The molecule has 1 aliphatic heterocycles. The molecule has 17 heavy (non-hydrogen) atoms. The fourth-order valence-corrected chi connectivity index (χ4v) is 2.07. The summed E-state index contributed by atoms with van der Waals surface area (Å²) in [4.78, 5) is 12.6. The lowest BCUT2D eigenvalue weighted by Crippen LogP contribution is -2.50. The van der Waals surface area contributed by atoms with Crippen molar-refractivity contribution in [2.24, 2.45) is 0 Å². The number of halogens is 4. The number of amides is 1. The van der Waals surface area contributed by atoms with Crippen molar-refractivity contribution in [1.82, 2.24) is 4.90 Å². The molecule has 1 saturated heterocycles. The van der Waals surface area contributed by atoms with Crippen LogP contribution >= 0.6 is 11.6 Å². The van der Waals surface area contributed by atoms with Crippen LogP contribution in [-0.4, -0.2) is 47.7 Å². The van der Waals surface area contributed by atoms with Gasteiger partial charge in [-0.05, 0) is 13.8 Å². The first-order valence-corrected chi connectivity index (χ1v) is 5.80. The number of hydrogen-bond acceptors (Lipinski definition) is 2. The molecule has 0 spiro atoms. The third-order valence-electron chi connectivity index (χ3n) is 2.82. The van der Waals surface area contributed by atoms with E-state index in [0.717, 1.165) is 4.90 Å². The average molecular weight is 274 g/mol. The molecule has 0 aromatic rings. The maximum Gasteiger partial charge on any atom is 0.419 e. The maximum absolute atomic E-state index is 12.9. The molecule has 2 atom stereocenters. The lowest BCUT2D eigenvalue weighted by atomic mass is 10.0. The van der Waals surface area contributed by atoms with Crippen LogP contribution in [0.1, 0.15) is 20.3 Å². The smallest absolute Gasteiger partial charge is 0.364 e. The van der Waals surface area contributed by atoms with Crippen molar-refractivity contribution in [3.05, 3.63) is 0 Å². The SMILES string of the molecule is CCOC1(C(F)(F)F)CCN(C(=O)C(C)Cl)C1. The predicted octanol–water partition coefficient (Wildman–Crippen LogP) is 2.18. The summed E-state index contributed by atoms with van der Waals surface area (Å²) in [7, 11) is 0. The molecule has 0 aromatic heterocycles. The molecule has 1 heterocycles. The molecule has 0 radical (unpaired) electrons. The Kier molecular flexibility index (Phi) is 4.30. The number of alkyl halides is 4. The Morgan fingerprint density at radius 1 is 1.59 bits per heavy atom. The summed E-state index contributed by atoms with van der Waals surface area (Å²) in [6.07, 6.45) is -4.72. The second-order valence-corrected chi connectivity index (χ2v) is 4.71. The summed E-state index contributed by atoms with van der Waals surface area (Å²) in [5, 5.41) is -0.819. The third kappa shape index (κ3) is 2.85.